The Balaban J connectivity index is 2.29. The molecule has 0 aliphatic heterocycles. The van der Waals surface area contributed by atoms with Crippen LogP contribution in [0.25, 0.3) is 11.0 Å². The van der Waals surface area contributed by atoms with Gasteiger partial charge in [0.2, 0.25) is 11.8 Å². The molecule has 1 heterocycles. The van der Waals surface area contributed by atoms with E-state index in [1.54, 1.807) is 19.1 Å². The lowest BCUT2D eigenvalue weighted by atomic mass is 10.0. The molecule has 1 aromatic carbocycles. The molecule has 11 heteroatoms. The van der Waals surface area contributed by atoms with E-state index in [1.165, 1.54) is 32.9 Å². The van der Waals surface area contributed by atoms with Crippen molar-refractivity contribution in [1.29, 1.82) is 0 Å². The number of hydrogen-bond acceptors (Lipinski definition) is 8. The monoisotopic (exact) mass is 480 g/mol. The molecule has 2 atom stereocenters. The minimum Gasteiger partial charge on any atom is -0.493 e. The van der Waals surface area contributed by atoms with E-state index >= 15 is 0 Å². The molecule has 0 aliphatic rings. The fourth-order valence-electron chi connectivity index (χ4n) is 3.21. The van der Waals surface area contributed by atoms with Crippen LogP contribution in [-0.4, -0.2) is 61.2 Å². The van der Waals surface area contributed by atoms with E-state index in [4.69, 9.17) is 19.0 Å². The summed E-state index contributed by atoms with van der Waals surface area (Å²) in [5, 5.41) is 14.6. The van der Waals surface area contributed by atoms with Gasteiger partial charge < -0.3 is 29.6 Å². The second kappa shape index (κ2) is 11.6. The third-order valence-corrected chi connectivity index (χ3v) is 5.76. The lowest BCUT2D eigenvalue weighted by Gasteiger charge is -2.20. The number of carboxylic acids is 1. The normalized spacial score (nSPS) is 12.6. The number of nitrogens with one attached hydrogen (secondary N) is 2. The summed E-state index contributed by atoms with van der Waals surface area (Å²) in [6.45, 7) is 3.03. The van der Waals surface area contributed by atoms with Crippen LogP contribution in [0, 0.1) is 6.92 Å². The molecular weight excluding hydrogens is 452 g/mol. The van der Waals surface area contributed by atoms with Gasteiger partial charge in [0.15, 0.2) is 11.5 Å². The molecule has 0 radical (unpaired) electrons. The van der Waals surface area contributed by atoms with Crippen LogP contribution >= 0.6 is 11.8 Å². The number of carbonyl (C=O) groups excluding carboxylic acids is 2. The Kier molecular flexibility index (Phi) is 9.15. The Bertz CT molecular complexity index is 1100. The second-order valence-corrected chi connectivity index (χ2v) is 8.33. The summed E-state index contributed by atoms with van der Waals surface area (Å²) >= 11 is 1.48. The summed E-state index contributed by atoms with van der Waals surface area (Å²) in [5.41, 5.74) is 0.309. The Morgan fingerprint density at radius 1 is 1.15 bits per heavy atom. The number of fused-ring (bicyclic) bond motifs is 1. The van der Waals surface area contributed by atoms with E-state index in [2.05, 4.69) is 10.6 Å². The quantitative estimate of drug-likeness (QED) is 0.407. The summed E-state index contributed by atoms with van der Waals surface area (Å²) in [5.74, 6) is -0.941. The third-order valence-electron chi connectivity index (χ3n) is 5.12. The Morgan fingerprint density at radius 2 is 1.79 bits per heavy atom. The number of methoxy groups -OCH3 is 2. The summed E-state index contributed by atoms with van der Waals surface area (Å²) in [6.07, 6.45) is 1.84. The molecule has 0 fully saturated rings. The molecular formula is C22H28N2O8S. The van der Waals surface area contributed by atoms with Gasteiger partial charge in [0.25, 0.3) is 0 Å². The van der Waals surface area contributed by atoms with Gasteiger partial charge in [-0.15, -0.1) is 0 Å². The van der Waals surface area contributed by atoms with Crippen molar-refractivity contribution in [3.63, 3.8) is 0 Å². The lowest BCUT2D eigenvalue weighted by molar-refractivity contribution is -0.141. The van der Waals surface area contributed by atoms with Gasteiger partial charge in [-0.25, -0.2) is 4.79 Å². The smallest absolute Gasteiger partial charge is 0.340 e. The van der Waals surface area contributed by atoms with E-state index in [-0.39, 0.29) is 12.0 Å². The SMILES string of the molecule is COc1cc2oc(=O)c(CC(=O)N[C@@H](CCSC)C(=O)N[C@@H](C)C(=O)O)c(C)c2cc1OC. The number of aliphatic carboxylic acids is 1. The van der Waals surface area contributed by atoms with Crippen molar-refractivity contribution in [2.24, 2.45) is 0 Å². The molecule has 0 saturated heterocycles. The van der Waals surface area contributed by atoms with Crippen LogP contribution in [0.3, 0.4) is 0 Å². The topological polar surface area (TPSA) is 144 Å². The van der Waals surface area contributed by atoms with Gasteiger partial charge in [-0.2, -0.15) is 11.8 Å². The molecule has 0 unspecified atom stereocenters. The standard InChI is InChI=1S/C22H28N2O8S/c1-11-13-8-17(30-3)18(31-4)10-16(13)32-22(29)14(11)9-19(25)24-15(6-7-33-5)20(26)23-12(2)21(27)28/h8,10,12,15H,6-7,9H2,1-5H3,(H,23,26)(H,24,25)(H,27,28)/t12-,15-/m0/s1. The number of ether oxygens (including phenoxy) is 2. The van der Waals surface area contributed by atoms with Crippen LogP contribution in [0.2, 0.25) is 0 Å². The van der Waals surface area contributed by atoms with Crippen LogP contribution in [0.1, 0.15) is 24.5 Å². The maximum Gasteiger partial charge on any atom is 0.340 e. The van der Waals surface area contributed by atoms with Crippen molar-refractivity contribution >= 4 is 40.5 Å². The first-order chi connectivity index (χ1) is 15.6. The first-order valence-corrected chi connectivity index (χ1v) is 11.5. The molecule has 0 spiro atoms. The second-order valence-electron chi connectivity index (χ2n) is 7.34. The lowest BCUT2D eigenvalue weighted by Crippen LogP contribution is -2.51. The molecule has 180 valence electrons. The maximum atomic E-state index is 12.7. The predicted octanol–water partition coefficient (Wildman–Crippen LogP) is 1.49. The van der Waals surface area contributed by atoms with Crippen LogP contribution in [0.4, 0.5) is 0 Å². The van der Waals surface area contributed by atoms with Crippen molar-refractivity contribution in [2.75, 3.05) is 26.2 Å². The molecule has 0 saturated carbocycles. The van der Waals surface area contributed by atoms with Crippen LogP contribution < -0.4 is 25.7 Å². The van der Waals surface area contributed by atoms with Gasteiger partial charge >= 0.3 is 11.6 Å². The van der Waals surface area contributed by atoms with Crippen molar-refractivity contribution in [1.82, 2.24) is 10.6 Å². The number of carboxylic acid groups (broad SMARTS) is 1. The zero-order valence-corrected chi connectivity index (χ0v) is 20.0. The highest BCUT2D eigenvalue weighted by Gasteiger charge is 2.25. The van der Waals surface area contributed by atoms with Crippen molar-refractivity contribution in [3.05, 3.63) is 33.7 Å². The molecule has 10 nitrogen and oxygen atoms in total. The Morgan fingerprint density at radius 3 is 2.36 bits per heavy atom. The number of hydrogen-bond donors (Lipinski definition) is 3. The van der Waals surface area contributed by atoms with E-state index < -0.39 is 35.5 Å². The number of rotatable bonds is 11. The average molecular weight is 481 g/mol. The summed E-state index contributed by atoms with van der Waals surface area (Å²) in [6, 6.07) is 1.16. The van der Waals surface area contributed by atoms with E-state index in [0.29, 0.717) is 40.2 Å². The average Bonchev–Trinajstić information content (AvgIpc) is 2.78. The number of benzene rings is 1. The molecule has 2 amide bonds. The molecule has 0 aliphatic carbocycles. The molecule has 3 N–H and O–H groups in total. The van der Waals surface area contributed by atoms with Crippen LogP contribution in [-0.2, 0) is 20.8 Å². The van der Waals surface area contributed by atoms with Gasteiger partial charge in [-0.05, 0) is 43.9 Å². The zero-order chi connectivity index (χ0) is 24.7. The molecule has 0 bridgehead atoms. The number of carbonyl (C=O) groups is 3. The first kappa shape index (κ1) is 26.0. The molecule has 33 heavy (non-hydrogen) atoms. The van der Waals surface area contributed by atoms with E-state index in [1.807, 2.05) is 6.26 Å². The third kappa shape index (κ3) is 6.41. The minimum atomic E-state index is -1.19. The largest absolute Gasteiger partial charge is 0.493 e. The highest BCUT2D eigenvalue weighted by Crippen LogP contribution is 2.33. The minimum absolute atomic E-state index is 0.148. The zero-order valence-electron chi connectivity index (χ0n) is 19.1. The molecule has 2 aromatic rings. The van der Waals surface area contributed by atoms with E-state index in [9.17, 15) is 19.2 Å². The van der Waals surface area contributed by atoms with Gasteiger partial charge in [0, 0.05) is 11.5 Å². The first-order valence-electron chi connectivity index (χ1n) is 10.1. The van der Waals surface area contributed by atoms with Crippen molar-refractivity contribution in [2.45, 2.75) is 38.8 Å². The molecule has 2 rings (SSSR count). The summed E-state index contributed by atoms with van der Waals surface area (Å²) < 4.78 is 15.9. The number of thioether (sulfide) groups is 1. The Labute approximate surface area is 195 Å². The van der Waals surface area contributed by atoms with Gasteiger partial charge in [0.05, 0.1) is 26.2 Å². The highest BCUT2D eigenvalue weighted by molar-refractivity contribution is 7.98. The van der Waals surface area contributed by atoms with Gasteiger partial charge in [-0.3, -0.25) is 14.4 Å². The number of aryl methyl sites for hydroxylation is 1. The maximum absolute atomic E-state index is 12.7. The van der Waals surface area contributed by atoms with Gasteiger partial charge in [-0.1, -0.05) is 0 Å². The van der Waals surface area contributed by atoms with E-state index in [0.717, 1.165) is 0 Å². The fraction of sp³-hybridized carbons (Fsp3) is 0.455. The van der Waals surface area contributed by atoms with Crippen LogP contribution in [0.5, 0.6) is 11.5 Å². The van der Waals surface area contributed by atoms with Crippen molar-refractivity contribution in [3.8, 4) is 11.5 Å². The summed E-state index contributed by atoms with van der Waals surface area (Å²) in [4.78, 5) is 48.8. The summed E-state index contributed by atoms with van der Waals surface area (Å²) in [7, 11) is 2.95. The Hall–Kier alpha value is -3.21. The molecule has 1 aromatic heterocycles. The highest BCUT2D eigenvalue weighted by atomic mass is 32.2. The number of amides is 2. The van der Waals surface area contributed by atoms with Crippen molar-refractivity contribution < 1.29 is 33.4 Å². The van der Waals surface area contributed by atoms with Crippen LogP contribution in [0.15, 0.2) is 21.3 Å². The predicted molar refractivity (Wildman–Crippen MR) is 124 cm³/mol. The van der Waals surface area contributed by atoms with Gasteiger partial charge in [0.1, 0.15) is 17.7 Å². The fourth-order valence-corrected chi connectivity index (χ4v) is 3.68.